The Morgan fingerprint density at radius 1 is 1.10 bits per heavy atom. The van der Waals surface area contributed by atoms with E-state index in [1.807, 2.05) is 72.3 Å². The molecule has 0 bridgehead atoms. The van der Waals surface area contributed by atoms with E-state index in [-0.39, 0.29) is 5.91 Å². The molecular formula is C23H18N4OS. The molecule has 4 rings (SSSR count). The zero-order valence-corrected chi connectivity index (χ0v) is 16.6. The summed E-state index contributed by atoms with van der Waals surface area (Å²) in [6.45, 7) is 0. The zero-order valence-electron chi connectivity index (χ0n) is 15.8. The fraction of sp³-hybridized carbons (Fsp3) is 0.0870. The van der Waals surface area contributed by atoms with E-state index in [2.05, 4.69) is 11.4 Å². The fourth-order valence-electron chi connectivity index (χ4n) is 3.00. The number of amides is 1. The van der Waals surface area contributed by atoms with Crippen molar-refractivity contribution in [3.63, 3.8) is 0 Å². The third-order valence-corrected chi connectivity index (χ3v) is 5.69. The first-order valence-electron chi connectivity index (χ1n) is 9.09. The van der Waals surface area contributed by atoms with E-state index in [4.69, 9.17) is 10.2 Å². The van der Waals surface area contributed by atoms with Gasteiger partial charge in [-0.05, 0) is 48.0 Å². The highest BCUT2D eigenvalue weighted by Gasteiger charge is 2.11. The number of thioether (sulfide) groups is 1. The second-order valence-electron chi connectivity index (χ2n) is 6.57. The Bertz CT molecular complexity index is 1210. The zero-order chi connectivity index (χ0) is 20.2. The van der Waals surface area contributed by atoms with Gasteiger partial charge in [0.15, 0.2) is 5.16 Å². The average molecular weight is 398 g/mol. The van der Waals surface area contributed by atoms with E-state index in [1.54, 1.807) is 23.9 Å². The number of nitriles is 1. The van der Waals surface area contributed by atoms with Gasteiger partial charge in [-0.25, -0.2) is 4.98 Å². The largest absolute Gasteiger partial charge is 0.322 e. The molecule has 3 aromatic carbocycles. The van der Waals surface area contributed by atoms with Crippen LogP contribution in [0.1, 0.15) is 21.5 Å². The average Bonchev–Trinajstić information content (AvgIpc) is 3.08. The lowest BCUT2D eigenvalue weighted by Crippen LogP contribution is -2.11. The summed E-state index contributed by atoms with van der Waals surface area (Å²) in [6.07, 6.45) is 0. The Morgan fingerprint density at radius 2 is 1.86 bits per heavy atom. The summed E-state index contributed by atoms with van der Waals surface area (Å²) in [5, 5.41) is 12.7. The lowest BCUT2D eigenvalue weighted by Gasteiger charge is -2.05. The van der Waals surface area contributed by atoms with Gasteiger partial charge < -0.3 is 9.88 Å². The number of benzene rings is 3. The van der Waals surface area contributed by atoms with Gasteiger partial charge in [-0.2, -0.15) is 5.26 Å². The van der Waals surface area contributed by atoms with Gasteiger partial charge in [0, 0.05) is 24.1 Å². The minimum absolute atomic E-state index is 0.142. The van der Waals surface area contributed by atoms with Crippen molar-refractivity contribution in [1.82, 2.24) is 9.55 Å². The van der Waals surface area contributed by atoms with Crippen LogP contribution in [-0.4, -0.2) is 15.5 Å². The van der Waals surface area contributed by atoms with Gasteiger partial charge in [0.25, 0.3) is 5.91 Å². The maximum absolute atomic E-state index is 12.4. The molecule has 5 nitrogen and oxygen atoms in total. The van der Waals surface area contributed by atoms with Crippen molar-refractivity contribution < 1.29 is 4.79 Å². The molecule has 1 aromatic heterocycles. The van der Waals surface area contributed by atoms with Crippen molar-refractivity contribution in [3.8, 4) is 6.07 Å². The number of hydrogen-bond acceptors (Lipinski definition) is 4. The van der Waals surface area contributed by atoms with E-state index >= 15 is 0 Å². The van der Waals surface area contributed by atoms with Gasteiger partial charge in [0.1, 0.15) is 0 Å². The molecule has 0 radical (unpaired) electrons. The number of fused-ring (bicyclic) bond motifs is 1. The van der Waals surface area contributed by atoms with Gasteiger partial charge in [0.2, 0.25) is 0 Å². The van der Waals surface area contributed by atoms with Crippen molar-refractivity contribution in [2.75, 3.05) is 5.32 Å². The maximum Gasteiger partial charge on any atom is 0.255 e. The number of carbonyl (C=O) groups excluding carboxylic acids is 1. The molecule has 4 aromatic rings. The van der Waals surface area contributed by atoms with Crippen LogP contribution < -0.4 is 5.32 Å². The number of carbonyl (C=O) groups is 1. The lowest BCUT2D eigenvalue weighted by molar-refractivity contribution is 0.102. The second kappa shape index (κ2) is 8.21. The summed E-state index contributed by atoms with van der Waals surface area (Å²) in [7, 11) is 1.98. The molecule has 1 N–H and O–H groups in total. The van der Waals surface area contributed by atoms with Crippen LogP contribution in [0.15, 0.2) is 78.0 Å². The Kier molecular flexibility index (Phi) is 5.32. The minimum atomic E-state index is -0.142. The standard InChI is InChI=1S/C23H18N4OS/c1-27-21-12-11-19(25-22(28)18-5-3-2-4-6-18)13-20(21)26-23(27)29-15-17-9-7-16(14-24)8-10-17/h2-13H,15H2,1H3,(H,25,28). The summed E-state index contributed by atoms with van der Waals surface area (Å²) >= 11 is 1.64. The molecule has 0 spiro atoms. The van der Waals surface area contributed by atoms with E-state index in [0.717, 1.165) is 27.5 Å². The molecule has 1 heterocycles. The molecule has 0 aliphatic rings. The molecule has 29 heavy (non-hydrogen) atoms. The highest BCUT2D eigenvalue weighted by atomic mass is 32.2. The van der Waals surface area contributed by atoms with Gasteiger partial charge in [0.05, 0.1) is 22.7 Å². The van der Waals surface area contributed by atoms with E-state index < -0.39 is 0 Å². The molecule has 0 aliphatic carbocycles. The van der Waals surface area contributed by atoms with Crippen molar-refractivity contribution in [2.24, 2.45) is 7.05 Å². The van der Waals surface area contributed by atoms with Gasteiger partial charge >= 0.3 is 0 Å². The quantitative estimate of drug-likeness (QED) is 0.481. The van der Waals surface area contributed by atoms with Crippen LogP contribution >= 0.6 is 11.8 Å². The third-order valence-electron chi connectivity index (χ3n) is 4.58. The van der Waals surface area contributed by atoms with Crippen LogP contribution in [0, 0.1) is 11.3 Å². The van der Waals surface area contributed by atoms with Crippen LogP contribution in [0.5, 0.6) is 0 Å². The molecule has 0 atom stereocenters. The predicted octanol–water partition coefficient (Wildman–Crippen LogP) is 4.99. The second-order valence-corrected chi connectivity index (χ2v) is 7.52. The smallest absolute Gasteiger partial charge is 0.255 e. The highest BCUT2D eigenvalue weighted by Crippen LogP contribution is 2.27. The van der Waals surface area contributed by atoms with Crippen LogP contribution in [0.25, 0.3) is 11.0 Å². The fourth-order valence-corrected chi connectivity index (χ4v) is 3.94. The van der Waals surface area contributed by atoms with Gasteiger partial charge in [-0.1, -0.05) is 42.1 Å². The molecule has 0 fully saturated rings. The van der Waals surface area contributed by atoms with Crippen LogP contribution in [0.2, 0.25) is 0 Å². The molecule has 0 saturated carbocycles. The number of rotatable bonds is 5. The Hall–Kier alpha value is -3.56. The number of hydrogen-bond donors (Lipinski definition) is 1. The summed E-state index contributed by atoms with van der Waals surface area (Å²) in [5.41, 5.74) is 4.97. The molecule has 0 aliphatic heterocycles. The van der Waals surface area contributed by atoms with E-state index in [0.29, 0.717) is 16.8 Å². The molecule has 142 valence electrons. The SMILES string of the molecule is Cn1c(SCc2ccc(C#N)cc2)nc2cc(NC(=O)c3ccccc3)ccc21. The van der Waals surface area contributed by atoms with Gasteiger partial charge in [-0.15, -0.1) is 0 Å². The minimum Gasteiger partial charge on any atom is -0.322 e. The molecule has 6 heteroatoms. The monoisotopic (exact) mass is 398 g/mol. The Labute approximate surface area is 173 Å². The van der Waals surface area contributed by atoms with Crippen molar-refractivity contribution in [3.05, 3.63) is 89.5 Å². The summed E-state index contributed by atoms with van der Waals surface area (Å²) in [5.74, 6) is 0.622. The first kappa shape index (κ1) is 18.8. The number of imidazole rings is 1. The van der Waals surface area contributed by atoms with E-state index in [9.17, 15) is 4.79 Å². The molecule has 0 saturated heterocycles. The molecular weight excluding hydrogens is 380 g/mol. The number of anilines is 1. The first-order chi connectivity index (χ1) is 14.1. The van der Waals surface area contributed by atoms with Crippen LogP contribution in [-0.2, 0) is 12.8 Å². The predicted molar refractivity (Wildman–Crippen MR) is 116 cm³/mol. The van der Waals surface area contributed by atoms with E-state index in [1.165, 1.54) is 0 Å². The van der Waals surface area contributed by atoms with Crippen molar-refractivity contribution in [2.45, 2.75) is 10.9 Å². The number of aryl methyl sites for hydroxylation is 1. The number of aromatic nitrogens is 2. The number of nitrogens with zero attached hydrogens (tertiary/aromatic N) is 3. The maximum atomic E-state index is 12.4. The highest BCUT2D eigenvalue weighted by molar-refractivity contribution is 7.98. The lowest BCUT2D eigenvalue weighted by atomic mass is 10.2. The van der Waals surface area contributed by atoms with Crippen LogP contribution in [0.4, 0.5) is 5.69 Å². The topological polar surface area (TPSA) is 70.7 Å². The summed E-state index contributed by atoms with van der Waals surface area (Å²) < 4.78 is 2.05. The van der Waals surface area contributed by atoms with Crippen molar-refractivity contribution >= 4 is 34.4 Å². The van der Waals surface area contributed by atoms with Crippen LogP contribution in [0.3, 0.4) is 0 Å². The van der Waals surface area contributed by atoms with Crippen molar-refractivity contribution in [1.29, 1.82) is 5.26 Å². The Morgan fingerprint density at radius 3 is 2.59 bits per heavy atom. The molecule has 1 amide bonds. The Balaban J connectivity index is 1.50. The number of nitrogens with one attached hydrogen (secondary N) is 1. The summed E-state index contributed by atoms with van der Waals surface area (Å²) in [6, 6.07) is 24.6. The normalized spacial score (nSPS) is 10.6. The summed E-state index contributed by atoms with van der Waals surface area (Å²) in [4.78, 5) is 17.1. The molecule has 0 unspecified atom stereocenters. The third kappa shape index (κ3) is 4.15. The first-order valence-corrected chi connectivity index (χ1v) is 10.1. The van der Waals surface area contributed by atoms with Gasteiger partial charge in [-0.3, -0.25) is 4.79 Å².